The molecule has 0 saturated heterocycles. The first-order valence-corrected chi connectivity index (χ1v) is 21.3. The average Bonchev–Trinajstić information content (AvgIpc) is 4.07. The van der Waals surface area contributed by atoms with E-state index in [9.17, 15) is 24.0 Å². The molecule has 6 rings (SSSR count). The molecule has 65 heavy (non-hydrogen) atoms. The number of aryl methyl sites for hydroxylation is 4. The van der Waals surface area contributed by atoms with Crippen molar-refractivity contribution in [2.24, 2.45) is 17.2 Å². The fourth-order valence-electron chi connectivity index (χ4n) is 5.87. The van der Waals surface area contributed by atoms with Crippen LogP contribution in [0.3, 0.4) is 0 Å². The summed E-state index contributed by atoms with van der Waals surface area (Å²) in [5.74, 6) is -0.968. The lowest BCUT2D eigenvalue weighted by atomic mass is 10.2. The van der Waals surface area contributed by atoms with Gasteiger partial charge < -0.3 is 32.4 Å². The van der Waals surface area contributed by atoms with E-state index < -0.39 is 23.5 Å². The second-order valence-corrected chi connectivity index (χ2v) is 16.4. The number of hydrogen-bond acceptors (Lipinski definition) is 14. The van der Waals surface area contributed by atoms with Gasteiger partial charge in [-0.15, -0.1) is 47.5 Å². The Hall–Kier alpha value is -6.11. The Bertz CT molecular complexity index is 2650. The van der Waals surface area contributed by atoms with Crippen molar-refractivity contribution < 1.29 is 33.8 Å². The maximum absolute atomic E-state index is 12.9. The monoisotopic (exact) mass is 978 g/mol. The SMILES string of the molecule is CCn1nc(C)cc1C(=O)Nc1nc2cc(C(N)=O)sc2n1C/C=C/CN.CCn1nc(C)cc1C(=O)Nc1nc2cc(C(N)=O)sc2n1C/C=C/CNC(=O)OC(C)(C)C.CO.Cl.Cl. The van der Waals surface area contributed by atoms with Crippen molar-refractivity contribution >= 4 is 110 Å². The molecule has 354 valence electrons. The number of hydrogen-bond donors (Lipinski definition) is 7. The van der Waals surface area contributed by atoms with Gasteiger partial charge in [0, 0.05) is 46.4 Å². The molecule has 0 saturated carbocycles. The Morgan fingerprint density at radius 3 is 1.51 bits per heavy atom. The number of nitrogens with one attached hydrogen (secondary N) is 3. The third-order valence-electron chi connectivity index (χ3n) is 8.45. The molecule has 0 bridgehead atoms. The van der Waals surface area contributed by atoms with E-state index in [1.165, 1.54) is 22.7 Å². The quantitative estimate of drug-likeness (QED) is 0.0670. The molecule has 0 fully saturated rings. The topological polar surface area (TPSA) is 300 Å². The van der Waals surface area contributed by atoms with E-state index in [4.69, 9.17) is 27.0 Å². The minimum atomic E-state index is -0.577. The number of alkyl carbamates (subject to hydrolysis) is 1. The molecular formula is C40H56Cl2N14O7S2. The van der Waals surface area contributed by atoms with Crippen molar-refractivity contribution in [1.82, 2.24) is 44.0 Å². The molecule has 6 heterocycles. The van der Waals surface area contributed by atoms with Crippen LogP contribution < -0.4 is 33.2 Å². The zero-order chi connectivity index (χ0) is 46.6. The Morgan fingerprint density at radius 2 is 1.14 bits per heavy atom. The molecule has 0 aliphatic carbocycles. The summed E-state index contributed by atoms with van der Waals surface area (Å²) in [6, 6.07) is 6.67. The Labute approximate surface area is 395 Å². The van der Waals surface area contributed by atoms with Crippen LogP contribution in [0.2, 0.25) is 0 Å². The first kappa shape index (κ1) is 55.0. The van der Waals surface area contributed by atoms with Crippen molar-refractivity contribution in [2.45, 2.75) is 80.2 Å². The van der Waals surface area contributed by atoms with E-state index in [0.717, 1.165) is 23.3 Å². The molecule has 5 amide bonds. The summed E-state index contributed by atoms with van der Waals surface area (Å²) in [7, 11) is 1.00. The number of primary amides is 2. The predicted octanol–water partition coefficient (Wildman–Crippen LogP) is 5.00. The number of anilines is 2. The van der Waals surface area contributed by atoms with E-state index in [-0.39, 0.29) is 43.2 Å². The van der Waals surface area contributed by atoms with Crippen molar-refractivity contribution in [3.63, 3.8) is 0 Å². The molecule has 0 aromatic carbocycles. The molecule has 21 nitrogen and oxygen atoms in total. The number of rotatable bonds is 15. The number of allylic oxidation sites excluding steroid dienone is 2. The van der Waals surface area contributed by atoms with Crippen molar-refractivity contribution in [3.05, 3.63) is 81.1 Å². The van der Waals surface area contributed by atoms with Gasteiger partial charge in [0.25, 0.3) is 23.6 Å². The van der Waals surface area contributed by atoms with Gasteiger partial charge in [-0.05, 0) is 72.7 Å². The number of ether oxygens (including phenoxy) is 1. The van der Waals surface area contributed by atoms with Gasteiger partial charge in [0.05, 0.1) is 21.1 Å². The summed E-state index contributed by atoms with van der Waals surface area (Å²) >= 11 is 2.43. The van der Waals surface area contributed by atoms with Gasteiger partial charge in [0.15, 0.2) is 0 Å². The van der Waals surface area contributed by atoms with E-state index in [2.05, 4.69) is 36.1 Å². The van der Waals surface area contributed by atoms with Gasteiger partial charge in [-0.25, -0.2) is 14.8 Å². The van der Waals surface area contributed by atoms with Crippen molar-refractivity contribution in [3.8, 4) is 0 Å². The molecule has 0 unspecified atom stereocenters. The molecule has 0 aliphatic heterocycles. The molecule has 0 radical (unpaired) electrons. The number of fused-ring (bicyclic) bond motifs is 2. The van der Waals surface area contributed by atoms with Crippen molar-refractivity contribution in [1.29, 1.82) is 0 Å². The largest absolute Gasteiger partial charge is 0.444 e. The number of aliphatic hydroxyl groups is 1. The zero-order valence-electron chi connectivity index (χ0n) is 37.2. The third-order valence-corrected chi connectivity index (χ3v) is 10.8. The van der Waals surface area contributed by atoms with Gasteiger partial charge in [0.1, 0.15) is 37.7 Å². The summed E-state index contributed by atoms with van der Waals surface area (Å²) < 4.78 is 12.0. The van der Waals surface area contributed by atoms with Gasteiger partial charge in [-0.3, -0.25) is 48.3 Å². The summed E-state index contributed by atoms with van der Waals surface area (Å²) in [5, 5.41) is 23.9. The van der Waals surface area contributed by atoms with Crippen LogP contribution in [0, 0.1) is 13.8 Å². The lowest BCUT2D eigenvalue weighted by Crippen LogP contribution is -2.32. The van der Waals surface area contributed by atoms with Gasteiger partial charge in [-0.2, -0.15) is 10.2 Å². The van der Waals surface area contributed by atoms with Gasteiger partial charge in [-0.1, -0.05) is 24.3 Å². The van der Waals surface area contributed by atoms with Gasteiger partial charge in [0.2, 0.25) is 11.9 Å². The van der Waals surface area contributed by atoms with E-state index in [0.29, 0.717) is 81.6 Å². The highest BCUT2D eigenvalue weighted by Crippen LogP contribution is 2.30. The lowest BCUT2D eigenvalue weighted by molar-refractivity contribution is 0.0533. The number of aromatic nitrogens is 8. The van der Waals surface area contributed by atoms with Crippen LogP contribution >= 0.6 is 47.5 Å². The molecule has 25 heteroatoms. The first-order chi connectivity index (χ1) is 29.9. The highest BCUT2D eigenvalue weighted by Gasteiger charge is 2.22. The number of imidazole rings is 2. The van der Waals surface area contributed by atoms with Gasteiger partial charge >= 0.3 is 6.09 Å². The third kappa shape index (κ3) is 14.4. The van der Waals surface area contributed by atoms with Crippen LogP contribution in [-0.4, -0.2) is 99.3 Å². The second-order valence-electron chi connectivity index (χ2n) is 14.4. The lowest BCUT2D eigenvalue weighted by Gasteiger charge is -2.19. The Morgan fingerprint density at radius 1 is 0.723 bits per heavy atom. The summed E-state index contributed by atoms with van der Waals surface area (Å²) in [5.41, 5.74) is 19.2. The first-order valence-electron chi connectivity index (χ1n) is 19.7. The van der Waals surface area contributed by atoms with Crippen LogP contribution in [0.1, 0.15) is 86.3 Å². The number of thiophene rings is 2. The predicted molar refractivity (Wildman–Crippen MR) is 258 cm³/mol. The van der Waals surface area contributed by atoms with Crippen LogP contribution in [-0.2, 0) is 30.9 Å². The molecule has 0 spiro atoms. The molecule has 0 aliphatic rings. The maximum atomic E-state index is 12.9. The second kappa shape index (κ2) is 24.8. The zero-order valence-corrected chi connectivity index (χ0v) is 40.5. The van der Waals surface area contributed by atoms with Crippen molar-refractivity contribution in [2.75, 3.05) is 30.8 Å². The number of nitrogens with zero attached hydrogens (tertiary/aromatic N) is 8. The number of carbonyl (C=O) groups is 5. The number of carbonyl (C=O) groups excluding carboxylic acids is 5. The Balaban J connectivity index is 0.000000427. The minimum absolute atomic E-state index is 0. The fourth-order valence-corrected chi connectivity index (χ4v) is 7.79. The number of aliphatic hydroxyl groups excluding tert-OH is 1. The van der Waals surface area contributed by atoms with E-state index in [1.54, 1.807) is 65.0 Å². The molecule has 0 atom stereocenters. The Kier molecular flexibility index (Phi) is 21.0. The van der Waals surface area contributed by atoms with Crippen LogP contribution in [0.25, 0.3) is 20.7 Å². The molecular weight excluding hydrogens is 924 g/mol. The molecule has 10 N–H and O–H groups in total. The van der Waals surface area contributed by atoms with E-state index in [1.807, 2.05) is 50.5 Å². The fraction of sp³-hybridized carbons (Fsp3) is 0.375. The smallest absolute Gasteiger partial charge is 0.407 e. The maximum Gasteiger partial charge on any atom is 0.407 e. The highest BCUT2D eigenvalue weighted by molar-refractivity contribution is 7.20. The van der Waals surface area contributed by atoms with Crippen LogP contribution in [0.4, 0.5) is 16.7 Å². The standard InChI is InChI=1S/C22H29N7O4S.C17H21N7O2S.CH4O.2ClH/c1-6-29-15(11-13(2)27-29)18(31)26-20-25-14-12-16(17(23)30)34-19(14)28(20)10-8-7-9-24-21(32)33-22(3,4)5;1-3-24-12(8-10(2)22-24)15(26)21-17-20-11-9-13(14(19)25)27-16(11)23(17)7-5-4-6-18;1-2;;/h7-8,11-12H,6,9-10H2,1-5H3,(H2,23,30)(H,24,32)(H,25,26,31);4-5,8-9H,3,6-7,18H2,1-2H3,(H2,19,25)(H,20,21,26);2H,1H3;2*1H/b8-7+;5-4+;;;. The number of halogens is 2. The van der Waals surface area contributed by atoms with Crippen LogP contribution in [0.5, 0.6) is 0 Å². The average molecular weight is 980 g/mol. The number of nitrogens with two attached hydrogens (primary N) is 3. The number of amides is 5. The summed E-state index contributed by atoms with van der Waals surface area (Å²) in [6.07, 6.45) is 6.76. The summed E-state index contributed by atoms with van der Waals surface area (Å²) in [6.45, 7) is 15.5. The molecule has 6 aromatic heterocycles. The summed E-state index contributed by atoms with van der Waals surface area (Å²) in [4.78, 5) is 71.7. The van der Waals surface area contributed by atoms with E-state index >= 15 is 0 Å². The normalized spacial score (nSPS) is 11.0. The van der Waals surface area contributed by atoms with Crippen LogP contribution in [0.15, 0.2) is 48.6 Å². The minimum Gasteiger partial charge on any atom is -0.444 e. The highest BCUT2D eigenvalue weighted by atomic mass is 35.5. The molecule has 6 aromatic rings.